The van der Waals surface area contributed by atoms with Gasteiger partial charge in [-0.1, -0.05) is 26.7 Å². The van der Waals surface area contributed by atoms with Gasteiger partial charge in [0.05, 0.1) is 5.76 Å². The molecule has 2 heteroatoms. The van der Waals surface area contributed by atoms with Crippen LogP contribution in [-0.2, 0) is 4.43 Å². The van der Waals surface area contributed by atoms with Gasteiger partial charge >= 0.3 is 0 Å². The minimum absolute atomic E-state index is 1.13. The fraction of sp³-hybridized carbons (Fsp3) is 0.833. The van der Waals surface area contributed by atoms with Crippen molar-refractivity contribution in [1.29, 1.82) is 0 Å². The van der Waals surface area contributed by atoms with Crippen LogP contribution in [0.5, 0.6) is 0 Å². The van der Waals surface area contributed by atoms with Crippen LogP contribution in [0.4, 0.5) is 0 Å². The molecule has 0 aromatic carbocycles. The molecule has 0 aliphatic rings. The van der Waals surface area contributed by atoms with E-state index in [0.29, 0.717) is 0 Å². The lowest BCUT2D eigenvalue weighted by Crippen LogP contribution is -2.24. The number of allylic oxidation sites excluding steroid dienone is 2. The summed E-state index contributed by atoms with van der Waals surface area (Å²) >= 11 is 0. The molecule has 0 aromatic rings. The Kier molecular flexibility index (Phi) is 6.98. The summed E-state index contributed by atoms with van der Waals surface area (Å²) in [7, 11) is -1.39. The van der Waals surface area contributed by atoms with Crippen molar-refractivity contribution in [3.63, 3.8) is 0 Å². The van der Waals surface area contributed by atoms with Crippen molar-refractivity contribution in [2.75, 3.05) is 0 Å². The van der Waals surface area contributed by atoms with Gasteiger partial charge in [0.25, 0.3) is 0 Å². The summed E-state index contributed by atoms with van der Waals surface area (Å²) in [5.41, 5.74) is 0. The molecule has 0 radical (unpaired) electrons. The Morgan fingerprint density at radius 1 is 1.14 bits per heavy atom. The molecule has 0 spiro atoms. The molecule has 0 heterocycles. The van der Waals surface area contributed by atoms with Crippen LogP contribution in [0.25, 0.3) is 0 Å². The highest BCUT2D eigenvalue weighted by atomic mass is 28.4. The molecule has 0 aromatic heterocycles. The van der Waals surface area contributed by atoms with Crippen LogP contribution in [0.2, 0.25) is 19.6 Å². The fourth-order valence-corrected chi connectivity index (χ4v) is 2.22. The monoisotopic (exact) mass is 214 g/mol. The molecule has 0 fully saturated rings. The maximum absolute atomic E-state index is 6.04. The van der Waals surface area contributed by atoms with Crippen LogP contribution in [0.1, 0.15) is 46.0 Å². The van der Waals surface area contributed by atoms with E-state index in [9.17, 15) is 0 Å². The van der Waals surface area contributed by atoms with E-state index >= 15 is 0 Å². The topological polar surface area (TPSA) is 9.23 Å². The fourth-order valence-electron chi connectivity index (χ4n) is 1.24. The smallest absolute Gasteiger partial charge is 0.241 e. The Hall–Kier alpha value is -0.243. The summed E-state index contributed by atoms with van der Waals surface area (Å²) in [5.74, 6) is 1.24. The van der Waals surface area contributed by atoms with Gasteiger partial charge < -0.3 is 4.43 Å². The highest BCUT2D eigenvalue weighted by molar-refractivity contribution is 6.70. The Morgan fingerprint density at radius 3 is 2.21 bits per heavy atom. The standard InChI is InChI=1S/C12H26OSi/c1-6-8-10-12(11-9-7-2)13-14(3,4)5/h10H,6-9,11H2,1-5H3/b12-10-. The van der Waals surface area contributed by atoms with Crippen LogP contribution >= 0.6 is 0 Å². The third kappa shape index (κ3) is 8.36. The van der Waals surface area contributed by atoms with Gasteiger partial charge in [-0.05, 0) is 38.6 Å². The number of unbranched alkanes of at least 4 members (excludes halogenated alkanes) is 2. The number of rotatable bonds is 7. The van der Waals surface area contributed by atoms with Crippen LogP contribution in [0.15, 0.2) is 11.8 Å². The van der Waals surface area contributed by atoms with Gasteiger partial charge in [-0.25, -0.2) is 0 Å². The summed E-state index contributed by atoms with van der Waals surface area (Å²) in [5, 5.41) is 0. The van der Waals surface area contributed by atoms with Crippen LogP contribution in [0.3, 0.4) is 0 Å². The first-order chi connectivity index (χ1) is 6.49. The zero-order chi connectivity index (χ0) is 11.0. The average molecular weight is 214 g/mol. The first-order valence-corrected chi connectivity index (χ1v) is 9.28. The van der Waals surface area contributed by atoms with Crippen molar-refractivity contribution in [3.05, 3.63) is 11.8 Å². The van der Waals surface area contributed by atoms with Gasteiger partial charge in [-0.15, -0.1) is 0 Å². The van der Waals surface area contributed by atoms with E-state index in [2.05, 4.69) is 39.6 Å². The molecule has 0 unspecified atom stereocenters. The van der Waals surface area contributed by atoms with Gasteiger partial charge in [0.1, 0.15) is 0 Å². The molecule has 84 valence electrons. The Morgan fingerprint density at radius 2 is 1.79 bits per heavy atom. The van der Waals surface area contributed by atoms with E-state index in [1.54, 1.807) is 0 Å². The molecule has 14 heavy (non-hydrogen) atoms. The van der Waals surface area contributed by atoms with Crippen molar-refractivity contribution in [1.82, 2.24) is 0 Å². The molecular formula is C12H26OSi. The van der Waals surface area contributed by atoms with Gasteiger partial charge in [0.2, 0.25) is 8.32 Å². The number of hydrogen-bond donors (Lipinski definition) is 0. The zero-order valence-electron chi connectivity index (χ0n) is 10.5. The van der Waals surface area contributed by atoms with E-state index in [-0.39, 0.29) is 0 Å². The second kappa shape index (κ2) is 7.10. The normalized spacial score (nSPS) is 13.1. The summed E-state index contributed by atoms with van der Waals surface area (Å²) in [6, 6.07) is 0. The van der Waals surface area contributed by atoms with Gasteiger partial charge in [0, 0.05) is 6.42 Å². The van der Waals surface area contributed by atoms with Gasteiger partial charge in [-0.2, -0.15) is 0 Å². The van der Waals surface area contributed by atoms with Crippen molar-refractivity contribution >= 4 is 8.32 Å². The lowest BCUT2D eigenvalue weighted by Gasteiger charge is -2.22. The molecule has 0 saturated heterocycles. The Bertz CT molecular complexity index is 168. The van der Waals surface area contributed by atoms with Gasteiger partial charge in [-0.3, -0.25) is 0 Å². The van der Waals surface area contributed by atoms with E-state index in [1.165, 1.54) is 25.0 Å². The van der Waals surface area contributed by atoms with E-state index in [1.807, 2.05) is 0 Å². The maximum atomic E-state index is 6.04. The lowest BCUT2D eigenvalue weighted by atomic mass is 10.2. The molecule has 0 aliphatic carbocycles. The third-order valence-corrected chi connectivity index (χ3v) is 2.75. The molecule has 0 amide bonds. The average Bonchev–Trinajstić information content (AvgIpc) is 2.07. The molecule has 0 N–H and O–H groups in total. The summed E-state index contributed by atoms with van der Waals surface area (Å²) in [4.78, 5) is 0. The first kappa shape index (κ1) is 13.8. The quantitative estimate of drug-likeness (QED) is 0.440. The van der Waals surface area contributed by atoms with Crippen molar-refractivity contribution in [2.24, 2.45) is 0 Å². The molecule has 0 saturated carbocycles. The molecule has 1 nitrogen and oxygen atoms in total. The first-order valence-electron chi connectivity index (χ1n) is 5.87. The molecule has 0 bridgehead atoms. The zero-order valence-corrected chi connectivity index (χ0v) is 11.5. The van der Waals surface area contributed by atoms with Crippen molar-refractivity contribution in [3.8, 4) is 0 Å². The minimum Gasteiger partial charge on any atom is -0.548 e. The second-order valence-corrected chi connectivity index (χ2v) is 9.21. The van der Waals surface area contributed by atoms with Crippen LogP contribution < -0.4 is 0 Å². The van der Waals surface area contributed by atoms with Crippen molar-refractivity contribution in [2.45, 2.75) is 65.6 Å². The maximum Gasteiger partial charge on any atom is 0.241 e. The van der Waals surface area contributed by atoms with E-state index in [4.69, 9.17) is 4.43 Å². The SMILES string of the molecule is CCC/C=C(/CCCC)O[Si](C)(C)C. The predicted molar refractivity (Wildman–Crippen MR) is 66.9 cm³/mol. The molecular weight excluding hydrogens is 188 g/mol. The van der Waals surface area contributed by atoms with Crippen LogP contribution in [-0.4, -0.2) is 8.32 Å². The lowest BCUT2D eigenvalue weighted by molar-refractivity contribution is 0.391. The van der Waals surface area contributed by atoms with E-state index in [0.717, 1.165) is 12.8 Å². The summed E-state index contributed by atoms with van der Waals surface area (Å²) in [6.07, 6.45) is 8.28. The highest BCUT2D eigenvalue weighted by Gasteiger charge is 2.16. The Labute approximate surface area is 90.7 Å². The van der Waals surface area contributed by atoms with Crippen LogP contribution in [0, 0.1) is 0 Å². The summed E-state index contributed by atoms with van der Waals surface area (Å²) in [6.45, 7) is 11.2. The minimum atomic E-state index is -1.39. The third-order valence-electron chi connectivity index (χ3n) is 1.87. The molecule has 0 rings (SSSR count). The highest BCUT2D eigenvalue weighted by Crippen LogP contribution is 2.17. The van der Waals surface area contributed by atoms with Gasteiger partial charge in [0.15, 0.2) is 0 Å². The van der Waals surface area contributed by atoms with Crippen molar-refractivity contribution < 1.29 is 4.43 Å². The molecule has 0 atom stereocenters. The largest absolute Gasteiger partial charge is 0.548 e. The van der Waals surface area contributed by atoms with E-state index < -0.39 is 8.32 Å². The molecule has 0 aliphatic heterocycles. The number of hydrogen-bond acceptors (Lipinski definition) is 1. The Balaban J connectivity index is 4.10. The second-order valence-electron chi connectivity index (χ2n) is 4.78. The summed E-state index contributed by atoms with van der Waals surface area (Å²) < 4.78 is 6.04. The predicted octanol–water partition coefficient (Wildman–Crippen LogP) is 4.71.